The first-order chi connectivity index (χ1) is 14.3. The second kappa shape index (κ2) is 6.23. The van der Waals surface area contributed by atoms with Crippen LogP contribution in [-0.2, 0) is 19.9 Å². The summed E-state index contributed by atoms with van der Waals surface area (Å²) < 4.78 is 0. The lowest BCUT2D eigenvalue weighted by Crippen LogP contribution is -2.54. The number of aliphatic hydroxyl groups excluding tert-OH is 1. The standard InChI is InChI=1S/C23H23N3O4/c1-11-8-12(2)10-14(9-11)26-20(28)17-18(21(26)29)23(25-19(17)13(3)27)15-6-4-5-7-16(15)24-22(23)30/h4-10,13,17-19,25,27H,1-3H3,(H,24,30). The molecule has 3 aliphatic heterocycles. The molecule has 2 fully saturated rings. The summed E-state index contributed by atoms with van der Waals surface area (Å²) in [5.41, 5.74) is 2.24. The molecule has 5 rings (SSSR count). The molecule has 0 saturated carbocycles. The van der Waals surface area contributed by atoms with E-state index in [2.05, 4.69) is 10.6 Å². The Bertz CT molecular complexity index is 1090. The number of carbonyl (C=O) groups is 3. The highest BCUT2D eigenvalue weighted by molar-refractivity contribution is 6.25. The minimum absolute atomic E-state index is 0.370. The number of para-hydroxylation sites is 1. The van der Waals surface area contributed by atoms with E-state index >= 15 is 0 Å². The molecule has 154 valence electrons. The molecule has 2 saturated heterocycles. The molecule has 7 heteroatoms. The molecular formula is C23H23N3O4. The Hall–Kier alpha value is -3.03. The third-order valence-electron chi connectivity index (χ3n) is 6.54. The Morgan fingerprint density at radius 1 is 1.03 bits per heavy atom. The smallest absolute Gasteiger partial charge is 0.250 e. The zero-order valence-electron chi connectivity index (χ0n) is 17.0. The van der Waals surface area contributed by atoms with Crippen LogP contribution in [0.15, 0.2) is 42.5 Å². The summed E-state index contributed by atoms with van der Waals surface area (Å²) in [6.07, 6.45) is -0.923. The number of rotatable bonds is 2. The summed E-state index contributed by atoms with van der Waals surface area (Å²) in [4.78, 5) is 41.7. The van der Waals surface area contributed by atoms with Crippen LogP contribution in [0.1, 0.15) is 23.6 Å². The maximum atomic E-state index is 13.7. The van der Waals surface area contributed by atoms with Gasteiger partial charge in [-0.2, -0.15) is 0 Å². The fourth-order valence-corrected chi connectivity index (χ4v) is 5.44. The molecule has 0 aromatic heterocycles. The number of fused-ring (bicyclic) bond motifs is 4. The summed E-state index contributed by atoms with van der Waals surface area (Å²) in [5, 5.41) is 16.5. The molecular weight excluding hydrogens is 382 g/mol. The molecule has 3 amide bonds. The molecule has 5 atom stereocenters. The third kappa shape index (κ3) is 2.30. The van der Waals surface area contributed by atoms with E-state index in [0.717, 1.165) is 11.1 Å². The Kier molecular flexibility index (Phi) is 3.94. The van der Waals surface area contributed by atoms with E-state index in [9.17, 15) is 19.5 Å². The van der Waals surface area contributed by atoms with Gasteiger partial charge in [0.25, 0.3) is 0 Å². The van der Waals surface area contributed by atoms with Gasteiger partial charge in [0.05, 0.1) is 23.6 Å². The maximum Gasteiger partial charge on any atom is 0.250 e. The number of aryl methyl sites for hydroxylation is 2. The van der Waals surface area contributed by atoms with Crippen molar-refractivity contribution in [1.82, 2.24) is 5.32 Å². The molecule has 7 nitrogen and oxygen atoms in total. The van der Waals surface area contributed by atoms with Crippen molar-refractivity contribution in [2.24, 2.45) is 11.8 Å². The van der Waals surface area contributed by atoms with Gasteiger partial charge in [-0.15, -0.1) is 0 Å². The molecule has 2 aromatic carbocycles. The summed E-state index contributed by atoms with van der Waals surface area (Å²) >= 11 is 0. The van der Waals surface area contributed by atoms with E-state index in [0.29, 0.717) is 16.9 Å². The predicted molar refractivity (Wildman–Crippen MR) is 111 cm³/mol. The highest BCUT2D eigenvalue weighted by Gasteiger charge is 2.71. The number of anilines is 2. The largest absolute Gasteiger partial charge is 0.392 e. The van der Waals surface area contributed by atoms with Crippen LogP contribution in [0.3, 0.4) is 0 Å². The summed E-state index contributed by atoms with van der Waals surface area (Å²) in [6.45, 7) is 5.39. The van der Waals surface area contributed by atoms with Crippen molar-refractivity contribution in [2.45, 2.75) is 38.5 Å². The van der Waals surface area contributed by atoms with Crippen molar-refractivity contribution < 1.29 is 19.5 Å². The lowest BCUT2D eigenvalue weighted by Gasteiger charge is -2.30. The van der Waals surface area contributed by atoms with Gasteiger partial charge < -0.3 is 10.4 Å². The minimum atomic E-state index is -1.39. The first kappa shape index (κ1) is 19.0. The van der Waals surface area contributed by atoms with Gasteiger partial charge in [-0.05, 0) is 50.1 Å². The van der Waals surface area contributed by atoms with Gasteiger partial charge in [0.15, 0.2) is 0 Å². The lowest BCUT2D eigenvalue weighted by atomic mass is 9.76. The van der Waals surface area contributed by atoms with Crippen LogP contribution in [0.4, 0.5) is 11.4 Å². The molecule has 30 heavy (non-hydrogen) atoms. The van der Waals surface area contributed by atoms with Crippen LogP contribution in [0, 0.1) is 25.7 Å². The van der Waals surface area contributed by atoms with Crippen LogP contribution >= 0.6 is 0 Å². The average Bonchev–Trinajstić information content (AvgIpc) is 3.26. The number of hydrogen-bond donors (Lipinski definition) is 3. The van der Waals surface area contributed by atoms with E-state index in [4.69, 9.17) is 0 Å². The Morgan fingerprint density at radius 3 is 2.37 bits per heavy atom. The number of carbonyl (C=O) groups excluding carboxylic acids is 3. The number of nitrogens with one attached hydrogen (secondary N) is 2. The van der Waals surface area contributed by atoms with Crippen molar-refractivity contribution >= 4 is 29.1 Å². The molecule has 0 bridgehead atoms. The number of nitrogens with zero attached hydrogens (tertiary/aromatic N) is 1. The number of imide groups is 1. The predicted octanol–water partition coefficient (Wildman–Crippen LogP) is 1.61. The highest BCUT2D eigenvalue weighted by Crippen LogP contribution is 2.53. The maximum absolute atomic E-state index is 13.7. The molecule has 2 aromatic rings. The highest BCUT2D eigenvalue weighted by atomic mass is 16.3. The van der Waals surface area contributed by atoms with Gasteiger partial charge in [0, 0.05) is 17.3 Å². The number of benzene rings is 2. The molecule has 3 heterocycles. The van der Waals surface area contributed by atoms with Crippen LogP contribution in [-0.4, -0.2) is 35.0 Å². The van der Waals surface area contributed by atoms with E-state index in [-0.39, 0.29) is 11.8 Å². The second-order valence-corrected chi connectivity index (χ2v) is 8.58. The monoisotopic (exact) mass is 405 g/mol. The number of amides is 3. The molecule has 3 aliphatic rings. The first-order valence-corrected chi connectivity index (χ1v) is 10.1. The molecule has 1 spiro atoms. The third-order valence-corrected chi connectivity index (χ3v) is 6.54. The molecule has 0 aliphatic carbocycles. The van der Waals surface area contributed by atoms with Gasteiger partial charge in [-0.3, -0.25) is 19.7 Å². The fourth-order valence-electron chi connectivity index (χ4n) is 5.44. The zero-order valence-corrected chi connectivity index (χ0v) is 17.0. The van der Waals surface area contributed by atoms with E-state index in [1.807, 2.05) is 19.9 Å². The van der Waals surface area contributed by atoms with Crippen LogP contribution in [0.25, 0.3) is 0 Å². The van der Waals surface area contributed by atoms with Gasteiger partial charge in [-0.1, -0.05) is 24.3 Å². The van der Waals surface area contributed by atoms with Crippen molar-refractivity contribution in [3.63, 3.8) is 0 Å². The van der Waals surface area contributed by atoms with Crippen molar-refractivity contribution in [2.75, 3.05) is 10.2 Å². The number of hydrogen-bond acceptors (Lipinski definition) is 5. The summed E-state index contributed by atoms with van der Waals surface area (Å²) in [5.74, 6) is -2.95. The Balaban J connectivity index is 1.70. The Morgan fingerprint density at radius 2 is 1.70 bits per heavy atom. The number of aliphatic hydroxyl groups is 1. The van der Waals surface area contributed by atoms with Gasteiger partial charge in [0.2, 0.25) is 17.7 Å². The SMILES string of the molecule is Cc1cc(C)cc(N2C(=O)C3C(C(C)O)NC4(C(=O)Nc5ccccc54)C3C2=O)c1. The molecule has 3 N–H and O–H groups in total. The Labute approximate surface area is 174 Å². The van der Waals surface area contributed by atoms with E-state index in [1.54, 1.807) is 43.3 Å². The lowest BCUT2D eigenvalue weighted by molar-refractivity contribution is -0.130. The molecule has 0 radical (unpaired) electrons. The van der Waals surface area contributed by atoms with Crippen LogP contribution in [0.5, 0.6) is 0 Å². The quantitative estimate of drug-likeness (QED) is 0.660. The van der Waals surface area contributed by atoms with Crippen molar-refractivity contribution in [3.8, 4) is 0 Å². The average molecular weight is 405 g/mol. The zero-order chi connectivity index (χ0) is 21.4. The van der Waals surface area contributed by atoms with E-state index in [1.165, 1.54) is 4.90 Å². The second-order valence-electron chi connectivity index (χ2n) is 8.58. The van der Waals surface area contributed by atoms with Crippen LogP contribution < -0.4 is 15.5 Å². The van der Waals surface area contributed by atoms with Gasteiger partial charge in [0.1, 0.15) is 5.54 Å². The normalized spacial score (nSPS) is 30.6. The first-order valence-electron chi connectivity index (χ1n) is 10.1. The van der Waals surface area contributed by atoms with Crippen molar-refractivity contribution in [1.29, 1.82) is 0 Å². The van der Waals surface area contributed by atoms with E-state index < -0.39 is 35.4 Å². The fraction of sp³-hybridized carbons (Fsp3) is 0.348. The van der Waals surface area contributed by atoms with Crippen LogP contribution in [0.2, 0.25) is 0 Å². The molecule has 5 unspecified atom stereocenters. The summed E-state index contributed by atoms with van der Waals surface area (Å²) in [7, 11) is 0. The topological polar surface area (TPSA) is 98.7 Å². The van der Waals surface area contributed by atoms with Crippen molar-refractivity contribution in [3.05, 3.63) is 59.2 Å². The minimum Gasteiger partial charge on any atom is -0.392 e. The van der Waals surface area contributed by atoms with Gasteiger partial charge >= 0.3 is 0 Å². The summed E-state index contributed by atoms with van der Waals surface area (Å²) in [6, 6.07) is 12.0. The van der Waals surface area contributed by atoms with Gasteiger partial charge in [-0.25, -0.2) is 4.90 Å².